The highest BCUT2D eigenvalue weighted by atomic mass is 19.3. The first-order valence-corrected chi connectivity index (χ1v) is 16.2. The quantitative estimate of drug-likeness (QED) is 0.255. The van der Waals surface area contributed by atoms with Gasteiger partial charge in [-0.05, 0) is 73.8 Å². The van der Waals surface area contributed by atoms with Crippen molar-refractivity contribution in [2.24, 2.45) is 5.92 Å². The lowest BCUT2D eigenvalue weighted by atomic mass is 9.91. The highest BCUT2D eigenvalue weighted by Gasteiger charge is 2.27. The number of methoxy groups -OCH3 is 1. The van der Waals surface area contributed by atoms with E-state index in [0.717, 1.165) is 48.5 Å². The van der Waals surface area contributed by atoms with Crippen LogP contribution >= 0.6 is 0 Å². The summed E-state index contributed by atoms with van der Waals surface area (Å²) in [6, 6.07) is 22.4. The number of halogens is 2. The lowest BCUT2D eigenvalue weighted by molar-refractivity contribution is -0.0512. The second kappa shape index (κ2) is 18.4. The largest absolute Gasteiger partial charge is 0.493 e. The maximum absolute atomic E-state index is 13.8. The number of amides is 1. The molecule has 2 aliphatic rings. The van der Waals surface area contributed by atoms with Crippen LogP contribution in [-0.2, 0) is 0 Å². The smallest absolute Gasteiger partial charge is 0.387 e. The molecule has 1 aliphatic carbocycles. The van der Waals surface area contributed by atoms with Crippen LogP contribution in [0.5, 0.6) is 11.5 Å². The van der Waals surface area contributed by atoms with Gasteiger partial charge in [-0.25, -0.2) is 0 Å². The van der Waals surface area contributed by atoms with E-state index in [2.05, 4.69) is 23.6 Å². The minimum Gasteiger partial charge on any atom is -0.493 e. The summed E-state index contributed by atoms with van der Waals surface area (Å²) in [5, 5.41) is 0. The molecule has 5 nitrogen and oxygen atoms in total. The summed E-state index contributed by atoms with van der Waals surface area (Å²) in [5.74, 6) is 0.789. The molecule has 1 amide bonds. The van der Waals surface area contributed by atoms with Gasteiger partial charge in [0.25, 0.3) is 5.91 Å². The van der Waals surface area contributed by atoms with Gasteiger partial charge in [0, 0.05) is 23.8 Å². The highest BCUT2D eigenvalue weighted by Crippen LogP contribution is 2.32. The number of ether oxygens (including phenoxy) is 2. The number of anilines is 1. The number of hydrogen-bond donors (Lipinski definition) is 0. The molecule has 1 aliphatic heterocycles. The van der Waals surface area contributed by atoms with Gasteiger partial charge in [-0.3, -0.25) is 4.79 Å². The average Bonchev–Trinajstić information content (AvgIpc) is 3.06. The number of carbonyl (C=O) groups is 1. The Morgan fingerprint density at radius 2 is 1.55 bits per heavy atom. The fraction of sp³-hybridized carbons (Fsp3) is 0.486. The molecule has 1 saturated carbocycles. The van der Waals surface area contributed by atoms with Crippen molar-refractivity contribution >= 4 is 11.6 Å². The Morgan fingerprint density at radius 3 is 2.16 bits per heavy atom. The van der Waals surface area contributed by atoms with Gasteiger partial charge in [0.1, 0.15) is 0 Å². The molecular formula is C37H50F2N2O3. The fourth-order valence-electron chi connectivity index (χ4n) is 5.83. The predicted molar refractivity (Wildman–Crippen MR) is 177 cm³/mol. The molecule has 1 heterocycles. The van der Waals surface area contributed by atoms with Gasteiger partial charge < -0.3 is 19.3 Å². The normalized spacial score (nSPS) is 17.0. The summed E-state index contributed by atoms with van der Waals surface area (Å²) in [6.07, 6.45) is 10.7. The fourth-order valence-corrected chi connectivity index (χ4v) is 5.83. The molecule has 0 bridgehead atoms. The molecule has 0 radical (unpaired) electrons. The lowest BCUT2D eigenvalue weighted by Crippen LogP contribution is -2.46. The minimum absolute atomic E-state index is 0.0870. The minimum atomic E-state index is -2.98. The van der Waals surface area contributed by atoms with E-state index < -0.39 is 6.61 Å². The second-order valence-corrected chi connectivity index (χ2v) is 11.4. The van der Waals surface area contributed by atoms with Crippen LogP contribution in [0.2, 0.25) is 0 Å². The van der Waals surface area contributed by atoms with Crippen LogP contribution in [0.3, 0.4) is 0 Å². The first-order valence-electron chi connectivity index (χ1n) is 16.2. The topological polar surface area (TPSA) is 42.0 Å². The zero-order chi connectivity index (χ0) is 31.9. The summed E-state index contributed by atoms with van der Waals surface area (Å²) in [4.78, 5) is 17.9. The van der Waals surface area contributed by atoms with E-state index in [0.29, 0.717) is 12.1 Å². The molecule has 0 N–H and O–H groups in total. The van der Waals surface area contributed by atoms with Gasteiger partial charge in [0.05, 0.1) is 7.11 Å². The van der Waals surface area contributed by atoms with E-state index in [4.69, 9.17) is 4.74 Å². The summed E-state index contributed by atoms with van der Waals surface area (Å²) in [7, 11) is 3.45. The predicted octanol–water partition coefficient (Wildman–Crippen LogP) is 9.71. The molecular weight excluding hydrogens is 558 g/mol. The molecule has 1 atom stereocenters. The number of likely N-dealkylation sites (N-methyl/N-ethyl adjacent to an activating group) is 1. The lowest BCUT2D eigenvalue weighted by Gasteiger charge is -2.36. The summed E-state index contributed by atoms with van der Waals surface area (Å²) >= 11 is 0. The molecule has 2 fully saturated rings. The van der Waals surface area contributed by atoms with E-state index in [9.17, 15) is 13.6 Å². The first kappa shape index (κ1) is 35.0. The molecule has 1 saturated heterocycles. The Hall–Kier alpha value is -3.45. The molecule has 240 valence electrons. The van der Waals surface area contributed by atoms with Gasteiger partial charge in [-0.1, -0.05) is 102 Å². The Bertz CT molecular complexity index is 1260. The van der Waals surface area contributed by atoms with Crippen molar-refractivity contribution in [1.82, 2.24) is 4.90 Å². The van der Waals surface area contributed by atoms with Gasteiger partial charge in [-0.2, -0.15) is 8.78 Å². The number of nitrogens with zero attached hydrogens (tertiary/aromatic N) is 2. The first-order chi connectivity index (χ1) is 21.4. The van der Waals surface area contributed by atoms with E-state index in [-0.39, 0.29) is 23.4 Å². The number of piperidine rings is 1. The number of rotatable bonds is 8. The van der Waals surface area contributed by atoms with Crippen LogP contribution in [0.25, 0.3) is 11.1 Å². The Balaban J connectivity index is 0.000000510. The van der Waals surface area contributed by atoms with Crippen LogP contribution in [-0.4, -0.2) is 50.7 Å². The SMILES string of the molecule is CC.CC1CCCCC1.COc1cc(C(=O)N(C[C@@H]2CCCCN2C)c2cccc(-c3ccccc3)c2)ccc1OC(F)F. The van der Waals surface area contributed by atoms with Gasteiger partial charge >= 0.3 is 6.61 Å². The molecule has 0 spiro atoms. The highest BCUT2D eigenvalue weighted by molar-refractivity contribution is 6.06. The van der Waals surface area contributed by atoms with E-state index >= 15 is 0 Å². The Labute approximate surface area is 263 Å². The molecule has 3 aromatic carbocycles. The van der Waals surface area contributed by atoms with Crippen molar-refractivity contribution in [3.05, 3.63) is 78.4 Å². The van der Waals surface area contributed by atoms with Crippen LogP contribution in [0.1, 0.15) is 82.5 Å². The van der Waals surface area contributed by atoms with Crippen molar-refractivity contribution in [2.45, 2.75) is 84.8 Å². The van der Waals surface area contributed by atoms with Crippen LogP contribution in [0, 0.1) is 5.92 Å². The third kappa shape index (κ3) is 10.3. The maximum Gasteiger partial charge on any atom is 0.387 e. The van der Waals surface area contributed by atoms with Crippen molar-refractivity contribution in [2.75, 3.05) is 32.1 Å². The number of benzene rings is 3. The second-order valence-electron chi connectivity index (χ2n) is 11.4. The standard InChI is InChI=1S/C28H30F2N2O3.C7H14.C2H6/c1-31-16-7-6-12-24(31)19-32(23-13-8-11-21(17-23)20-9-4-3-5-10-20)27(33)22-14-15-25(35-28(29)30)26(18-22)34-2;1-7-5-3-2-4-6-7;1-2/h3-5,8-11,13-15,17-18,24,28H,6-7,12,16,19H2,1-2H3;7H,2-6H2,1H3;1-2H3/t24-;;/m0../s1. The zero-order valence-electron chi connectivity index (χ0n) is 27.1. The Kier molecular flexibility index (Phi) is 14.6. The molecule has 3 aromatic rings. The molecule has 5 rings (SSSR count). The van der Waals surface area contributed by atoms with Crippen LogP contribution in [0.15, 0.2) is 72.8 Å². The van der Waals surface area contributed by atoms with Crippen molar-refractivity contribution in [3.8, 4) is 22.6 Å². The third-order valence-corrected chi connectivity index (χ3v) is 8.35. The Morgan fingerprint density at radius 1 is 0.864 bits per heavy atom. The molecule has 44 heavy (non-hydrogen) atoms. The van der Waals surface area contributed by atoms with Crippen molar-refractivity contribution in [3.63, 3.8) is 0 Å². The maximum atomic E-state index is 13.8. The number of likely N-dealkylation sites (tertiary alicyclic amines) is 1. The number of alkyl halides is 2. The van der Waals surface area contributed by atoms with E-state index in [1.807, 2.05) is 68.4 Å². The zero-order valence-corrected chi connectivity index (χ0v) is 27.1. The number of hydrogen-bond acceptors (Lipinski definition) is 4. The summed E-state index contributed by atoms with van der Waals surface area (Å²) in [6.45, 7) is 4.89. The summed E-state index contributed by atoms with van der Waals surface area (Å²) in [5.41, 5.74) is 3.19. The van der Waals surface area contributed by atoms with Gasteiger partial charge in [-0.15, -0.1) is 0 Å². The van der Waals surface area contributed by atoms with Gasteiger partial charge in [0.2, 0.25) is 0 Å². The van der Waals surface area contributed by atoms with Crippen LogP contribution < -0.4 is 14.4 Å². The molecule has 0 aromatic heterocycles. The number of carbonyl (C=O) groups excluding carboxylic acids is 1. The van der Waals surface area contributed by atoms with Crippen molar-refractivity contribution in [1.29, 1.82) is 0 Å². The third-order valence-electron chi connectivity index (χ3n) is 8.35. The van der Waals surface area contributed by atoms with E-state index in [1.54, 1.807) is 4.90 Å². The van der Waals surface area contributed by atoms with E-state index in [1.165, 1.54) is 57.4 Å². The van der Waals surface area contributed by atoms with Gasteiger partial charge in [0.15, 0.2) is 11.5 Å². The van der Waals surface area contributed by atoms with Crippen molar-refractivity contribution < 1.29 is 23.0 Å². The molecule has 7 heteroatoms. The summed E-state index contributed by atoms with van der Waals surface area (Å²) < 4.78 is 35.3. The van der Waals surface area contributed by atoms with Crippen LogP contribution in [0.4, 0.5) is 14.5 Å². The average molecular weight is 609 g/mol. The monoisotopic (exact) mass is 608 g/mol. The molecule has 0 unspecified atom stereocenters.